The van der Waals surface area contributed by atoms with Crippen molar-refractivity contribution in [1.82, 2.24) is 10.6 Å². The highest BCUT2D eigenvalue weighted by Crippen LogP contribution is 2.27. The first-order chi connectivity index (χ1) is 9.69. The van der Waals surface area contributed by atoms with Gasteiger partial charge in [0.2, 0.25) is 0 Å². The number of rotatable bonds is 5. The zero-order chi connectivity index (χ0) is 16.1. The number of amides is 2. The summed E-state index contributed by atoms with van der Waals surface area (Å²) in [6.45, 7) is -1.55. The SMILES string of the molecule is O=C(NCC(F)(F)C(F)F)NC1(C(=O)O)CCCCCC1. The Balaban J connectivity index is 2.63. The number of alkyl halides is 4. The number of nitrogens with one attached hydrogen (secondary N) is 2. The van der Waals surface area contributed by atoms with Crippen molar-refractivity contribution in [2.75, 3.05) is 6.54 Å². The Bertz CT molecular complexity index is 383. The first kappa shape index (κ1) is 17.5. The van der Waals surface area contributed by atoms with Crippen LogP contribution in [0.25, 0.3) is 0 Å². The van der Waals surface area contributed by atoms with Crippen molar-refractivity contribution >= 4 is 12.0 Å². The Kier molecular flexibility index (Phi) is 5.79. The van der Waals surface area contributed by atoms with Gasteiger partial charge in [0.1, 0.15) is 5.54 Å². The van der Waals surface area contributed by atoms with Crippen LogP contribution in [-0.4, -0.2) is 41.5 Å². The van der Waals surface area contributed by atoms with E-state index in [1.165, 1.54) is 0 Å². The molecule has 2 amide bonds. The lowest BCUT2D eigenvalue weighted by molar-refractivity contribution is -0.145. The molecule has 1 aliphatic carbocycles. The number of hydrogen-bond donors (Lipinski definition) is 3. The smallest absolute Gasteiger partial charge is 0.329 e. The summed E-state index contributed by atoms with van der Waals surface area (Å²) in [6.07, 6.45) is -0.727. The molecular formula is C12H18F4N2O3. The van der Waals surface area contributed by atoms with E-state index in [1.54, 1.807) is 5.32 Å². The zero-order valence-electron chi connectivity index (χ0n) is 11.3. The van der Waals surface area contributed by atoms with Crippen LogP contribution in [0.1, 0.15) is 38.5 Å². The van der Waals surface area contributed by atoms with Crippen molar-refractivity contribution in [3.8, 4) is 0 Å². The van der Waals surface area contributed by atoms with Gasteiger partial charge in [0.05, 0.1) is 6.54 Å². The summed E-state index contributed by atoms with van der Waals surface area (Å²) in [5, 5.41) is 13.0. The molecule has 0 aromatic heterocycles. The van der Waals surface area contributed by atoms with Gasteiger partial charge in [0.15, 0.2) is 0 Å². The van der Waals surface area contributed by atoms with Crippen molar-refractivity contribution in [1.29, 1.82) is 0 Å². The lowest BCUT2D eigenvalue weighted by Crippen LogP contribution is -2.58. The lowest BCUT2D eigenvalue weighted by Gasteiger charge is -2.29. The van der Waals surface area contributed by atoms with E-state index in [4.69, 9.17) is 0 Å². The number of carbonyl (C=O) groups excluding carboxylic acids is 1. The van der Waals surface area contributed by atoms with Crippen LogP contribution in [0, 0.1) is 0 Å². The van der Waals surface area contributed by atoms with Gasteiger partial charge >= 0.3 is 24.3 Å². The van der Waals surface area contributed by atoms with Crippen LogP contribution in [0.15, 0.2) is 0 Å². The molecule has 0 radical (unpaired) electrons. The Labute approximate surface area is 119 Å². The summed E-state index contributed by atoms with van der Waals surface area (Å²) < 4.78 is 49.3. The maximum absolute atomic E-state index is 12.7. The first-order valence-corrected chi connectivity index (χ1v) is 6.65. The minimum atomic E-state index is -4.35. The van der Waals surface area contributed by atoms with Crippen molar-refractivity contribution in [2.45, 2.75) is 56.4 Å². The maximum atomic E-state index is 12.7. The standard InChI is InChI=1S/C12H18F4N2O3/c13-8(14)12(15,16)7-17-10(21)18-11(9(19)20)5-3-1-2-4-6-11/h8H,1-7H2,(H,19,20)(H2,17,18,21). The quantitative estimate of drug-likeness (QED) is 0.538. The lowest BCUT2D eigenvalue weighted by atomic mass is 9.90. The monoisotopic (exact) mass is 314 g/mol. The molecule has 3 N–H and O–H groups in total. The molecule has 9 heteroatoms. The van der Waals surface area contributed by atoms with Crippen LogP contribution >= 0.6 is 0 Å². The molecule has 1 rings (SSSR count). The first-order valence-electron chi connectivity index (χ1n) is 6.65. The second kappa shape index (κ2) is 6.95. The fourth-order valence-electron chi connectivity index (χ4n) is 2.26. The zero-order valence-corrected chi connectivity index (χ0v) is 11.3. The Morgan fingerprint density at radius 3 is 2.10 bits per heavy atom. The Morgan fingerprint density at radius 1 is 1.14 bits per heavy atom. The summed E-state index contributed by atoms with van der Waals surface area (Å²) in [5.74, 6) is -5.60. The maximum Gasteiger partial charge on any atom is 0.329 e. The van der Waals surface area contributed by atoms with E-state index in [-0.39, 0.29) is 12.8 Å². The van der Waals surface area contributed by atoms with Crippen LogP contribution in [0.5, 0.6) is 0 Å². The van der Waals surface area contributed by atoms with Crippen LogP contribution in [0.3, 0.4) is 0 Å². The summed E-state index contributed by atoms with van der Waals surface area (Å²) in [6, 6.07) is -1.18. The Morgan fingerprint density at radius 2 is 1.67 bits per heavy atom. The molecule has 1 fully saturated rings. The van der Waals surface area contributed by atoms with Crippen molar-refractivity contribution < 1.29 is 32.3 Å². The molecule has 1 aliphatic rings. The Hall–Kier alpha value is -1.54. The second-order valence-electron chi connectivity index (χ2n) is 5.17. The average molecular weight is 314 g/mol. The molecule has 5 nitrogen and oxygen atoms in total. The third kappa shape index (κ3) is 4.75. The van der Waals surface area contributed by atoms with E-state index in [0.717, 1.165) is 12.8 Å². The van der Waals surface area contributed by atoms with Crippen molar-refractivity contribution in [3.05, 3.63) is 0 Å². The fraction of sp³-hybridized carbons (Fsp3) is 0.833. The minimum absolute atomic E-state index is 0.182. The highest BCUT2D eigenvalue weighted by Gasteiger charge is 2.43. The molecule has 0 spiro atoms. The molecule has 1 saturated carbocycles. The number of carboxylic acid groups (broad SMARTS) is 1. The van der Waals surface area contributed by atoms with Gasteiger partial charge in [-0.05, 0) is 12.8 Å². The van der Waals surface area contributed by atoms with Crippen molar-refractivity contribution in [2.24, 2.45) is 0 Å². The van der Waals surface area contributed by atoms with Crippen molar-refractivity contribution in [3.63, 3.8) is 0 Å². The van der Waals surface area contributed by atoms with Gasteiger partial charge in [-0.25, -0.2) is 18.4 Å². The van der Waals surface area contributed by atoms with E-state index in [9.17, 15) is 32.3 Å². The molecule has 21 heavy (non-hydrogen) atoms. The summed E-state index contributed by atoms with van der Waals surface area (Å²) >= 11 is 0. The van der Waals surface area contributed by atoms with E-state index in [0.29, 0.717) is 12.8 Å². The molecule has 0 bridgehead atoms. The topological polar surface area (TPSA) is 78.4 Å². The third-order valence-corrected chi connectivity index (χ3v) is 3.52. The second-order valence-corrected chi connectivity index (χ2v) is 5.17. The van der Waals surface area contributed by atoms with Gasteiger partial charge in [-0.1, -0.05) is 25.7 Å². The molecular weight excluding hydrogens is 296 g/mol. The molecule has 0 unspecified atom stereocenters. The predicted octanol–water partition coefficient (Wildman–Crippen LogP) is 2.36. The minimum Gasteiger partial charge on any atom is -0.480 e. The van der Waals surface area contributed by atoms with E-state index in [1.807, 2.05) is 0 Å². The summed E-state index contributed by atoms with van der Waals surface area (Å²) in [4.78, 5) is 22.9. The average Bonchev–Trinajstić information content (AvgIpc) is 2.63. The highest BCUT2D eigenvalue weighted by molar-refractivity contribution is 5.86. The third-order valence-electron chi connectivity index (χ3n) is 3.52. The van der Waals surface area contributed by atoms with E-state index >= 15 is 0 Å². The molecule has 0 aromatic rings. The molecule has 0 heterocycles. The number of aliphatic carboxylic acids is 1. The van der Waals surface area contributed by atoms with Crippen LogP contribution < -0.4 is 10.6 Å². The van der Waals surface area contributed by atoms with Gasteiger partial charge in [-0.15, -0.1) is 0 Å². The highest BCUT2D eigenvalue weighted by atomic mass is 19.3. The summed E-state index contributed by atoms with van der Waals surface area (Å²) in [5.41, 5.74) is -1.53. The summed E-state index contributed by atoms with van der Waals surface area (Å²) in [7, 11) is 0. The van der Waals surface area contributed by atoms with Crippen LogP contribution in [0.4, 0.5) is 22.4 Å². The molecule has 0 saturated heterocycles. The van der Waals surface area contributed by atoms with Gasteiger partial charge in [-0.2, -0.15) is 8.78 Å². The molecule has 0 aliphatic heterocycles. The van der Waals surface area contributed by atoms with Gasteiger partial charge in [-0.3, -0.25) is 0 Å². The van der Waals surface area contributed by atoms with E-state index in [2.05, 4.69) is 5.32 Å². The number of carboxylic acids is 1. The van der Waals surface area contributed by atoms with Gasteiger partial charge in [0, 0.05) is 0 Å². The number of carbonyl (C=O) groups is 2. The molecule has 0 aromatic carbocycles. The van der Waals surface area contributed by atoms with Gasteiger partial charge in [0.25, 0.3) is 0 Å². The predicted molar refractivity (Wildman–Crippen MR) is 65.6 cm³/mol. The van der Waals surface area contributed by atoms with Crippen LogP contribution in [-0.2, 0) is 4.79 Å². The number of urea groups is 1. The fourth-order valence-corrected chi connectivity index (χ4v) is 2.26. The van der Waals surface area contributed by atoms with Gasteiger partial charge < -0.3 is 15.7 Å². The number of halogens is 4. The molecule has 0 atom stereocenters. The largest absolute Gasteiger partial charge is 0.480 e. The normalized spacial score (nSPS) is 18.9. The molecule has 122 valence electrons. The van der Waals surface area contributed by atoms with E-state index < -0.39 is 36.4 Å². The number of hydrogen-bond acceptors (Lipinski definition) is 2. The van der Waals surface area contributed by atoms with Crippen LogP contribution in [0.2, 0.25) is 0 Å².